The average molecular weight is 228 g/mol. The minimum absolute atomic E-state index is 0.0809. The van der Waals surface area contributed by atoms with Crippen molar-refractivity contribution in [3.8, 4) is 0 Å². The van der Waals surface area contributed by atoms with Crippen LogP contribution in [0.25, 0.3) is 0 Å². The van der Waals surface area contributed by atoms with Gasteiger partial charge in [-0.2, -0.15) is 0 Å². The molecule has 0 aromatic heterocycles. The molecule has 92 valence electrons. The molecule has 0 aromatic rings. The highest BCUT2D eigenvalue weighted by atomic mass is 16.3. The lowest BCUT2D eigenvalue weighted by Gasteiger charge is -2.28. The van der Waals surface area contributed by atoms with Gasteiger partial charge in [-0.1, -0.05) is 6.92 Å². The summed E-state index contributed by atoms with van der Waals surface area (Å²) in [6.45, 7) is 5.02. The predicted molar refractivity (Wildman–Crippen MR) is 59.7 cm³/mol. The summed E-state index contributed by atoms with van der Waals surface area (Å²) in [6, 6.07) is 0. The third kappa shape index (κ3) is 3.90. The average Bonchev–Trinajstić information content (AvgIpc) is 2.14. The summed E-state index contributed by atoms with van der Waals surface area (Å²) in [4.78, 5) is 24.5. The summed E-state index contributed by atoms with van der Waals surface area (Å²) >= 11 is 0. The highest BCUT2D eigenvalue weighted by Crippen LogP contribution is 2.17. The van der Waals surface area contributed by atoms with Crippen LogP contribution in [0.5, 0.6) is 0 Å². The number of hydrogen-bond donors (Lipinski definition) is 2. The molecule has 0 spiro atoms. The van der Waals surface area contributed by atoms with Gasteiger partial charge in [-0.15, -0.1) is 0 Å². The molecule has 1 fully saturated rings. The van der Waals surface area contributed by atoms with Gasteiger partial charge in [0.1, 0.15) is 0 Å². The van der Waals surface area contributed by atoms with Crippen molar-refractivity contribution in [3.05, 3.63) is 0 Å². The van der Waals surface area contributed by atoms with E-state index in [2.05, 4.69) is 5.32 Å². The van der Waals surface area contributed by atoms with Crippen molar-refractivity contribution in [2.45, 2.75) is 32.8 Å². The minimum Gasteiger partial charge on any atom is -0.392 e. The fourth-order valence-corrected chi connectivity index (χ4v) is 1.78. The summed E-state index contributed by atoms with van der Waals surface area (Å²) < 4.78 is 0. The monoisotopic (exact) mass is 228 g/mol. The molecule has 1 aliphatic heterocycles. The zero-order valence-electron chi connectivity index (χ0n) is 9.90. The highest BCUT2D eigenvalue weighted by Gasteiger charge is 2.29. The maximum Gasteiger partial charge on any atom is 0.229 e. The van der Waals surface area contributed by atoms with E-state index < -0.39 is 6.10 Å². The molecule has 16 heavy (non-hydrogen) atoms. The molecule has 2 amide bonds. The summed E-state index contributed by atoms with van der Waals surface area (Å²) in [7, 11) is 0. The SMILES string of the molecule is CC(O)CNCCN1C(=O)CC(C)CC1=O. The Morgan fingerprint density at radius 3 is 2.50 bits per heavy atom. The molecule has 0 bridgehead atoms. The van der Waals surface area contributed by atoms with Gasteiger partial charge < -0.3 is 10.4 Å². The molecular weight excluding hydrogens is 208 g/mol. The van der Waals surface area contributed by atoms with E-state index in [1.165, 1.54) is 4.90 Å². The van der Waals surface area contributed by atoms with E-state index in [1.807, 2.05) is 6.92 Å². The highest BCUT2D eigenvalue weighted by molar-refractivity contribution is 5.97. The van der Waals surface area contributed by atoms with Gasteiger partial charge in [0.25, 0.3) is 0 Å². The summed E-state index contributed by atoms with van der Waals surface area (Å²) in [5.41, 5.74) is 0. The van der Waals surface area contributed by atoms with Gasteiger partial charge in [-0.25, -0.2) is 0 Å². The summed E-state index contributed by atoms with van der Waals surface area (Å²) in [6.07, 6.45) is 0.511. The standard InChI is InChI=1S/C11H20N2O3/c1-8-5-10(15)13(11(16)6-8)4-3-12-7-9(2)14/h8-9,12,14H,3-7H2,1-2H3. The molecule has 5 nitrogen and oxygen atoms in total. The smallest absolute Gasteiger partial charge is 0.229 e. The maximum atomic E-state index is 11.6. The summed E-state index contributed by atoms with van der Waals surface area (Å²) in [5.74, 6) is 0.00636. The quantitative estimate of drug-likeness (QED) is 0.502. The van der Waals surface area contributed by atoms with Gasteiger partial charge in [0.2, 0.25) is 11.8 Å². The van der Waals surface area contributed by atoms with E-state index in [0.29, 0.717) is 32.5 Å². The van der Waals surface area contributed by atoms with E-state index >= 15 is 0 Å². The lowest BCUT2D eigenvalue weighted by Crippen LogP contribution is -2.46. The van der Waals surface area contributed by atoms with E-state index in [0.717, 1.165) is 0 Å². The normalized spacial score (nSPS) is 20.3. The zero-order chi connectivity index (χ0) is 12.1. The van der Waals surface area contributed by atoms with Crippen molar-refractivity contribution in [1.29, 1.82) is 0 Å². The zero-order valence-corrected chi connectivity index (χ0v) is 9.90. The number of hydrogen-bond acceptors (Lipinski definition) is 4. The van der Waals surface area contributed by atoms with Gasteiger partial charge in [-0.3, -0.25) is 14.5 Å². The second-order valence-electron chi connectivity index (χ2n) is 4.51. The number of likely N-dealkylation sites (tertiary alicyclic amines) is 1. The van der Waals surface area contributed by atoms with E-state index in [4.69, 9.17) is 5.11 Å². The first-order valence-electron chi connectivity index (χ1n) is 5.72. The van der Waals surface area contributed by atoms with Crippen molar-refractivity contribution >= 4 is 11.8 Å². The van der Waals surface area contributed by atoms with Crippen LogP contribution in [0.15, 0.2) is 0 Å². The minimum atomic E-state index is -0.409. The van der Waals surface area contributed by atoms with Gasteiger partial charge in [0.15, 0.2) is 0 Å². The number of aliphatic hydroxyl groups is 1. The van der Waals surface area contributed by atoms with Crippen molar-refractivity contribution in [2.24, 2.45) is 5.92 Å². The Labute approximate surface area is 95.8 Å². The Bertz CT molecular complexity index is 248. The van der Waals surface area contributed by atoms with E-state index in [-0.39, 0.29) is 17.7 Å². The maximum absolute atomic E-state index is 11.6. The lowest BCUT2D eigenvalue weighted by atomic mass is 9.98. The van der Waals surface area contributed by atoms with Crippen LogP contribution in [0.4, 0.5) is 0 Å². The van der Waals surface area contributed by atoms with Crippen LogP contribution < -0.4 is 5.32 Å². The van der Waals surface area contributed by atoms with Crippen LogP contribution in [0, 0.1) is 5.92 Å². The van der Waals surface area contributed by atoms with Crippen LogP contribution in [-0.4, -0.2) is 47.6 Å². The molecular formula is C11H20N2O3. The van der Waals surface area contributed by atoms with Crippen molar-refractivity contribution in [1.82, 2.24) is 10.2 Å². The first-order valence-corrected chi connectivity index (χ1v) is 5.72. The van der Waals surface area contributed by atoms with E-state index in [9.17, 15) is 9.59 Å². The molecule has 1 saturated heterocycles. The number of nitrogens with one attached hydrogen (secondary N) is 1. The Hall–Kier alpha value is -0.940. The van der Waals surface area contributed by atoms with Crippen molar-refractivity contribution < 1.29 is 14.7 Å². The molecule has 0 saturated carbocycles. The second kappa shape index (κ2) is 5.96. The second-order valence-corrected chi connectivity index (χ2v) is 4.51. The molecule has 5 heteroatoms. The predicted octanol–water partition coefficient (Wildman–Crippen LogP) is -0.258. The number of piperidine rings is 1. The van der Waals surface area contributed by atoms with Crippen LogP contribution in [-0.2, 0) is 9.59 Å². The Kier molecular flexibility index (Phi) is 4.89. The number of rotatable bonds is 5. The molecule has 2 N–H and O–H groups in total. The molecule has 1 aliphatic rings. The molecule has 1 unspecified atom stereocenters. The Morgan fingerprint density at radius 1 is 1.44 bits per heavy atom. The molecule has 0 radical (unpaired) electrons. The van der Waals surface area contributed by atoms with Crippen LogP contribution >= 0.6 is 0 Å². The summed E-state index contributed by atoms with van der Waals surface area (Å²) in [5, 5.41) is 12.0. The topological polar surface area (TPSA) is 69.6 Å². The lowest BCUT2D eigenvalue weighted by molar-refractivity contribution is -0.149. The van der Waals surface area contributed by atoms with Crippen LogP contribution in [0.1, 0.15) is 26.7 Å². The van der Waals surface area contributed by atoms with Gasteiger partial charge >= 0.3 is 0 Å². The third-order valence-electron chi connectivity index (χ3n) is 2.60. The number of nitrogens with zero attached hydrogens (tertiary/aromatic N) is 1. The number of carbonyl (C=O) groups is 2. The van der Waals surface area contributed by atoms with Gasteiger partial charge in [0, 0.05) is 32.5 Å². The number of imide groups is 1. The first kappa shape index (κ1) is 13.1. The fourth-order valence-electron chi connectivity index (χ4n) is 1.78. The fraction of sp³-hybridized carbons (Fsp3) is 0.818. The Morgan fingerprint density at radius 2 is 2.00 bits per heavy atom. The first-order chi connectivity index (χ1) is 7.50. The third-order valence-corrected chi connectivity index (χ3v) is 2.60. The number of carbonyl (C=O) groups excluding carboxylic acids is 2. The van der Waals surface area contributed by atoms with Crippen LogP contribution in [0.3, 0.4) is 0 Å². The molecule has 1 rings (SSSR count). The molecule has 1 atom stereocenters. The van der Waals surface area contributed by atoms with Crippen molar-refractivity contribution in [3.63, 3.8) is 0 Å². The Balaban J connectivity index is 2.30. The number of aliphatic hydroxyl groups excluding tert-OH is 1. The molecule has 1 heterocycles. The van der Waals surface area contributed by atoms with Crippen LogP contribution in [0.2, 0.25) is 0 Å². The van der Waals surface area contributed by atoms with Gasteiger partial charge in [0.05, 0.1) is 6.10 Å². The molecule has 0 aromatic carbocycles. The largest absolute Gasteiger partial charge is 0.392 e. The number of amides is 2. The van der Waals surface area contributed by atoms with Gasteiger partial charge in [-0.05, 0) is 12.8 Å². The van der Waals surface area contributed by atoms with E-state index in [1.54, 1.807) is 6.92 Å². The molecule has 0 aliphatic carbocycles. The van der Waals surface area contributed by atoms with Crippen molar-refractivity contribution in [2.75, 3.05) is 19.6 Å².